The maximum atomic E-state index is 12.6. The van der Waals surface area contributed by atoms with Crippen LogP contribution in [-0.2, 0) is 9.53 Å². The average Bonchev–Trinajstić information content (AvgIpc) is 3.28. The molecule has 0 radical (unpaired) electrons. The Morgan fingerprint density at radius 1 is 1.00 bits per heavy atom. The Bertz CT molecular complexity index is 292. The summed E-state index contributed by atoms with van der Waals surface area (Å²) in [5.74, 6) is 3.34. The van der Waals surface area contributed by atoms with Gasteiger partial charge < -0.3 is 9.64 Å². The third-order valence-electron chi connectivity index (χ3n) is 5.63. The molecule has 0 unspecified atom stereocenters. The Morgan fingerprint density at radius 3 is 1.83 bits per heavy atom. The summed E-state index contributed by atoms with van der Waals surface area (Å²) in [5.41, 5.74) is 0. The summed E-state index contributed by atoms with van der Waals surface area (Å²) in [6.45, 7) is 7.82. The molecular weight excluding hydrogens is 354 g/mol. The summed E-state index contributed by atoms with van der Waals surface area (Å²) in [7, 11) is 0. The molecule has 3 nitrogen and oxygen atoms in total. The highest BCUT2D eigenvalue weighted by molar-refractivity contribution is 9.08. The summed E-state index contributed by atoms with van der Waals surface area (Å²) in [5, 5.41) is 0. The number of nitrogens with zero attached hydrogens (tertiary/aromatic N) is 1. The zero-order valence-corrected chi connectivity index (χ0v) is 16.9. The highest BCUT2D eigenvalue weighted by Gasteiger charge is 2.38. The molecule has 2 rings (SSSR count). The Balaban J connectivity index is 0.00000127. The van der Waals surface area contributed by atoms with Gasteiger partial charge in [0.2, 0.25) is 0 Å². The number of likely N-dealkylation sites (N-methyl/N-ethyl adjacent to an activating group) is 1. The lowest BCUT2D eigenvalue weighted by atomic mass is 9.79. The first-order chi connectivity index (χ1) is 11.3. The van der Waals surface area contributed by atoms with Crippen molar-refractivity contribution in [3.05, 3.63) is 0 Å². The molecule has 0 aromatic carbocycles. The summed E-state index contributed by atoms with van der Waals surface area (Å²) < 4.78 is 5.68. The van der Waals surface area contributed by atoms with Gasteiger partial charge in [0.05, 0.1) is 5.92 Å². The number of rotatable bonds is 8. The molecule has 0 amide bonds. The summed E-state index contributed by atoms with van der Waals surface area (Å²) >= 11 is 2.94. The van der Waals surface area contributed by atoms with Crippen LogP contribution in [0.3, 0.4) is 0 Å². The quantitative estimate of drug-likeness (QED) is 0.437. The van der Waals surface area contributed by atoms with Gasteiger partial charge in [0.1, 0.15) is 6.61 Å². The second kappa shape index (κ2) is 12.3. The lowest BCUT2D eigenvalue weighted by Gasteiger charge is -2.27. The molecule has 0 aromatic heterocycles. The molecule has 0 heterocycles. The minimum absolute atomic E-state index is 0.112. The minimum Gasteiger partial charge on any atom is -0.464 e. The van der Waals surface area contributed by atoms with E-state index in [1.807, 2.05) is 5.83 Å². The topological polar surface area (TPSA) is 29.5 Å². The number of hydrogen-bond donors (Lipinski definition) is 0. The van der Waals surface area contributed by atoms with E-state index in [1.54, 1.807) is 0 Å². The van der Waals surface area contributed by atoms with Crippen LogP contribution in [0.1, 0.15) is 65.2 Å². The van der Waals surface area contributed by atoms with E-state index in [0.29, 0.717) is 18.4 Å². The fraction of sp³-hybridized carbons (Fsp3) is 0.947. The largest absolute Gasteiger partial charge is 0.464 e. The first-order valence-corrected chi connectivity index (χ1v) is 11.1. The van der Waals surface area contributed by atoms with Crippen LogP contribution in [0.5, 0.6) is 0 Å². The normalized spacial score (nSPS) is 19.2. The van der Waals surface area contributed by atoms with Crippen LogP contribution in [-0.4, -0.2) is 42.9 Å². The van der Waals surface area contributed by atoms with E-state index >= 15 is 0 Å². The monoisotopic (exact) mass is 389 g/mol. The van der Waals surface area contributed by atoms with Gasteiger partial charge >= 0.3 is 5.97 Å². The predicted octanol–water partition coefficient (Wildman–Crippen LogP) is 4.88. The Morgan fingerprint density at radius 2 is 1.43 bits per heavy atom. The standard InChI is InChI=1S/C18H33NO2.CH3Br/c1-3-19(4-2)13-14-21-18(20)17(15-9-5-6-10-15)16-11-7-8-12-16;1-2/h15-17H,3-14H2,1-2H3;1H3. The van der Waals surface area contributed by atoms with Crippen molar-refractivity contribution in [2.75, 3.05) is 32.1 Å². The third kappa shape index (κ3) is 6.74. The summed E-state index contributed by atoms with van der Waals surface area (Å²) in [6, 6.07) is 0. The van der Waals surface area contributed by atoms with Gasteiger partial charge in [-0.25, -0.2) is 0 Å². The van der Waals surface area contributed by atoms with Crippen LogP contribution in [0, 0.1) is 17.8 Å². The maximum absolute atomic E-state index is 12.6. The first-order valence-electron chi connectivity index (χ1n) is 9.53. The second-order valence-corrected chi connectivity index (χ2v) is 6.81. The maximum Gasteiger partial charge on any atom is 0.309 e. The first kappa shape index (κ1) is 21.0. The molecule has 2 fully saturated rings. The van der Waals surface area contributed by atoms with Crippen molar-refractivity contribution < 1.29 is 9.53 Å². The minimum atomic E-state index is 0.112. The zero-order chi connectivity index (χ0) is 17.1. The molecule has 0 N–H and O–H groups in total. The van der Waals surface area contributed by atoms with E-state index < -0.39 is 0 Å². The number of esters is 1. The van der Waals surface area contributed by atoms with Gasteiger partial charge in [0.15, 0.2) is 0 Å². The van der Waals surface area contributed by atoms with Gasteiger partial charge in [0, 0.05) is 6.54 Å². The molecule has 2 saturated carbocycles. The molecule has 0 atom stereocenters. The highest BCUT2D eigenvalue weighted by Crippen LogP contribution is 2.42. The van der Waals surface area contributed by atoms with E-state index in [0.717, 1.165) is 19.6 Å². The molecular formula is C19H36BrNO2. The van der Waals surface area contributed by atoms with E-state index in [-0.39, 0.29) is 11.9 Å². The van der Waals surface area contributed by atoms with Crippen molar-refractivity contribution in [1.29, 1.82) is 0 Å². The molecule has 2 aliphatic rings. The smallest absolute Gasteiger partial charge is 0.309 e. The summed E-state index contributed by atoms with van der Waals surface area (Å²) in [6.07, 6.45) is 10.2. The van der Waals surface area contributed by atoms with Crippen molar-refractivity contribution >= 4 is 21.9 Å². The van der Waals surface area contributed by atoms with E-state index in [2.05, 4.69) is 34.7 Å². The number of ether oxygens (including phenoxy) is 1. The van der Waals surface area contributed by atoms with Gasteiger partial charge in [-0.05, 0) is 56.4 Å². The molecule has 136 valence electrons. The highest BCUT2D eigenvalue weighted by atomic mass is 79.9. The van der Waals surface area contributed by atoms with Gasteiger partial charge in [-0.1, -0.05) is 55.5 Å². The number of alkyl halides is 1. The predicted molar refractivity (Wildman–Crippen MR) is 101 cm³/mol. The van der Waals surface area contributed by atoms with Crippen LogP contribution < -0.4 is 0 Å². The van der Waals surface area contributed by atoms with Crippen molar-refractivity contribution in [2.24, 2.45) is 17.8 Å². The fourth-order valence-corrected chi connectivity index (χ4v) is 4.31. The number of halogens is 1. The molecule has 0 saturated heterocycles. The van der Waals surface area contributed by atoms with E-state index in [1.165, 1.54) is 51.4 Å². The van der Waals surface area contributed by atoms with Crippen LogP contribution in [0.25, 0.3) is 0 Å². The number of hydrogen-bond acceptors (Lipinski definition) is 3. The van der Waals surface area contributed by atoms with Crippen molar-refractivity contribution in [3.8, 4) is 0 Å². The van der Waals surface area contributed by atoms with Crippen LogP contribution >= 0.6 is 15.9 Å². The Labute approximate surface area is 151 Å². The zero-order valence-electron chi connectivity index (χ0n) is 15.4. The van der Waals surface area contributed by atoms with Gasteiger partial charge in [-0.15, -0.1) is 0 Å². The Hall–Kier alpha value is -0.0900. The lowest BCUT2D eigenvalue weighted by molar-refractivity contribution is -0.153. The molecule has 23 heavy (non-hydrogen) atoms. The lowest BCUT2D eigenvalue weighted by Crippen LogP contribution is -2.33. The van der Waals surface area contributed by atoms with Crippen LogP contribution in [0.4, 0.5) is 0 Å². The van der Waals surface area contributed by atoms with E-state index in [4.69, 9.17) is 4.74 Å². The van der Waals surface area contributed by atoms with Crippen LogP contribution in [0.15, 0.2) is 0 Å². The van der Waals surface area contributed by atoms with Gasteiger partial charge in [-0.2, -0.15) is 0 Å². The average molecular weight is 390 g/mol. The van der Waals surface area contributed by atoms with Gasteiger partial charge in [0.25, 0.3) is 0 Å². The van der Waals surface area contributed by atoms with Crippen molar-refractivity contribution in [3.63, 3.8) is 0 Å². The molecule has 2 aliphatic carbocycles. The number of carbonyl (C=O) groups excluding carboxylic acids is 1. The van der Waals surface area contributed by atoms with E-state index in [9.17, 15) is 4.79 Å². The molecule has 0 aliphatic heterocycles. The molecule has 0 spiro atoms. The summed E-state index contributed by atoms with van der Waals surface area (Å²) in [4.78, 5) is 14.9. The Kier molecular flexibility index (Phi) is 11.2. The SMILES string of the molecule is CBr.CCN(CC)CCOC(=O)C(C1CCCC1)C1CCCC1. The van der Waals surface area contributed by atoms with Crippen molar-refractivity contribution in [2.45, 2.75) is 65.2 Å². The van der Waals surface area contributed by atoms with Crippen LogP contribution in [0.2, 0.25) is 0 Å². The fourth-order valence-electron chi connectivity index (χ4n) is 4.31. The number of carbonyl (C=O) groups is 1. The molecule has 0 bridgehead atoms. The van der Waals surface area contributed by atoms with Gasteiger partial charge in [-0.3, -0.25) is 4.79 Å². The third-order valence-corrected chi connectivity index (χ3v) is 5.63. The molecule has 0 aromatic rings. The second-order valence-electron chi connectivity index (χ2n) is 6.81. The van der Waals surface area contributed by atoms with Crippen molar-refractivity contribution in [1.82, 2.24) is 4.90 Å². The molecule has 4 heteroatoms.